The molecule has 3 rings (SSSR count). The summed E-state index contributed by atoms with van der Waals surface area (Å²) < 4.78 is 3.76. The highest BCUT2D eigenvalue weighted by Gasteiger charge is 2.04. The summed E-state index contributed by atoms with van der Waals surface area (Å²) in [6, 6.07) is 16.5. The lowest BCUT2D eigenvalue weighted by atomic mass is 10.2. The summed E-state index contributed by atoms with van der Waals surface area (Å²) in [4.78, 5) is 3.26. The fraction of sp³-hybridized carbons (Fsp3) is 0.0625. The Balaban J connectivity index is 2.05. The summed E-state index contributed by atoms with van der Waals surface area (Å²) in [5.74, 6) is 0. The number of halogens is 1. The van der Waals surface area contributed by atoms with Crippen LogP contribution in [-0.2, 0) is 0 Å². The smallest absolute Gasteiger partial charge is 0.182 e. The van der Waals surface area contributed by atoms with E-state index >= 15 is 0 Å². The first kappa shape index (κ1) is 13.3. The Morgan fingerprint density at radius 1 is 1.00 bits per heavy atom. The molecule has 2 aromatic carbocycles. The van der Waals surface area contributed by atoms with Crippen LogP contribution in [0.4, 0.5) is 0 Å². The Labute approximate surface area is 131 Å². The number of hydrogen-bond donors (Lipinski definition) is 1. The third-order valence-electron chi connectivity index (χ3n) is 3.19. The fourth-order valence-corrected chi connectivity index (χ4v) is 2.60. The molecule has 100 valence electrons. The van der Waals surface area contributed by atoms with Gasteiger partial charge in [-0.3, -0.25) is 4.57 Å². The van der Waals surface area contributed by atoms with Crippen LogP contribution in [0.2, 0.25) is 0 Å². The van der Waals surface area contributed by atoms with Gasteiger partial charge in [-0.1, -0.05) is 45.8 Å². The lowest BCUT2D eigenvalue weighted by Gasteiger charge is -2.02. The van der Waals surface area contributed by atoms with Gasteiger partial charge in [-0.05, 0) is 49.0 Å². The zero-order valence-electron chi connectivity index (χ0n) is 10.9. The van der Waals surface area contributed by atoms with Gasteiger partial charge in [0, 0.05) is 16.4 Å². The van der Waals surface area contributed by atoms with Gasteiger partial charge in [0.15, 0.2) is 4.77 Å². The molecule has 4 heteroatoms. The van der Waals surface area contributed by atoms with E-state index in [9.17, 15) is 0 Å². The van der Waals surface area contributed by atoms with Crippen LogP contribution in [0.5, 0.6) is 0 Å². The van der Waals surface area contributed by atoms with Gasteiger partial charge in [-0.15, -0.1) is 0 Å². The minimum Gasteiger partial charge on any atom is -0.330 e. The monoisotopic (exact) mass is 344 g/mol. The van der Waals surface area contributed by atoms with Crippen LogP contribution in [0, 0.1) is 11.7 Å². The van der Waals surface area contributed by atoms with E-state index in [0.29, 0.717) is 4.77 Å². The summed E-state index contributed by atoms with van der Waals surface area (Å²) in [6.45, 7) is 2.08. The Morgan fingerprint density at radius 3 is 2.30 bits per heavy atom. The van der Waals surface area contributed by atoms with Crippen molar-refractivity contribution < 1.29 is 0 Å². The Morgan fingerprint density at radius 2 is 1.65 bits per heavy atom. The van der Waals surface area contributed by atoms with Crippen molar-refractivity contribution in [1.82, 2.24) is 9.55 Å². The van der Waals surface area contributed by atoms with Gasteiger partial charge >= 0.3 is 0 Å². The molecule has 0 spiro atoms. The van der Waals surface area contributed by atoms with Crippen LogP contribution < -0.4 is 0 Å². The molecular formula is C16H13BrN2S. The average molecular weight is 345 g/mol. The molecule has 1 aromatic heterocycles. The van der Waals surface area contributed by atoms with Crippen LogP contribution in [0.1, 0.15) is 5.56 Å². The second-order valence-corrected chi connectivity index (χ2v) is 5.99. The zero-order valence-corrected chi connectivity index (χ0v) is 13.3. The molecule has 0 saturated carbocycles. The average Bonchev–Trinajstić information content (AvgIpc) is 2.82. The van der Waals surface area contributed by atoms with Crippen molar-refractivity contribution in [3.8, 4) is 16.9 Å². The third kappa shape index (κ3) is 2.62. The molecular weight excluding hydrogens is 332 g/mol. The number of imidazole rings is 1. The van der Waals surface area contributed by atoms with Gasteiger partial charge < -0.3 is 4.98 Å². The number of benzene rings is 2. The first-order valence-electron chi connectivity index (χ1n) is 6.28. The van der Waals surface area contributed by atoms with Crippen molar-refractivity contribution in [1.29, 1.82) is 0 Å². The number of H-pyrrole nitrogens is 1. The molecule has 0 unspecified atom stereocenters. The summed E-state index contributed by atoms with van der Waals surface area (Å²) in [6.07, 6.45) is 2.04. The molecule has 20 heavy (non-hydrogen) atoms. The van der Waals surface area contributed by atoms with Gasteiger partial charge in [-0.2, -0.15) is 0 Å². The third-order valence-corrected chi connectivity index (χ3v) is 4.01. The standard InChI is InChI=1S/C16H13BrN2S/c1-11-2-8-14(9-3-11)19-10-15(18-16(19)20)12-4-6-13(17)7-5-12/h2-10H,1H3,(H,18,20). The Kier molecular flexibility index (Phi) is 3.59. The number of aromatic nitrogens is 2. The molecule has 0 amide bonds. The fourth-order valence-electron chi connectivity index (χ4n) is 2.07. The molecule has 0 aliphatic heterocycles. The molecule has 0 atom stereocenters. The van der Waals surface area contributed by atoms with Gasteiger partial charge in [0.2, 0.25) is 0 Å². The van der Waals surface area contributed by atoms with Gasteiger partial charge in [0.05, 0.1) is 5.69 Å². The van der Waals surface area contributed by atoms with Crippen molar-refractivity contribution in [2.24, 2.45) is 0 Å². The quantitative estimate of drug-likeness (QED) is 0.627. The topological polar surface area (TPSA) is 20.7 Å². The van der Waals surface area contributed by atoms with E-state index in [0.717, 1.165) is 21.4 Å². The first-order chi connectivity index (χ1) is 9.63. The van der Waals surface area contributed by atoms with Crippen LogP contribution in [-0.4, -0.2) is 9.55 Å². The van der Waals surface area contributed by atoms with E-state index in [4.69, 9.17) is 12.2 Å². The highest BCUT2D eigenvalue weighted by atomic mass is 79.9. The second kappa shape index (κ2) is 5.38. The molecule has 0 aliphatic rings. The predicted octanol–water partition coefficient (Wildman–Crippen LogP) is 5.27. The summed E-state index contributed by atoms with van der Waals surface area (Å²) in [7, 11) is 0. The molecule has 1 N–H and O–H groups in total. The molecule has 0 bridgehead atoms. The van der Waals surface area contributed by atoms with E-state index in [1.165, 1.54) is 5.56 Å². The van der Waals surface area contributed by atoms with E-state index < -0.39 is 0 Å². The molecule has 0 saturated heterocycles. The van der Waals surface area contributed by atoms with E-state index in [2.05, 4.69) is 64.2 Å². The van der Waals surface area contributed by atoms with Crippen LogP contribution in [0.25, 0.3) is 16.9 Å². The highest BCUT2D eigenvalue weighted by Crippen LogP contribution is 2.22. The minimum atomic E-state index is 0.701. The summed E-state index contributed by atoms with van der Waals surface area (Å²) >= 11 is 8.86. The lowest BCUT2D eigenvalue weighted by molar-refractivity contribution is 1.03. The maximum atomic E-state index is 5.41. The number of aromatic amines is 1. The van der Waals surface area contributed by atoms with Crippen molar-refractivity contribution >= 4 is 28.1 Å². The molecule has 0 aliphatic carbocycles. The van der Waals surface area contributed by atoms with Gasteiger partial charge in [0.1, 0.15) is 0 Å². The number of nitrogens with one attached hydrogen (secondary N) is 1. The maximum Gasteiger partial charge on any atom is 0.182 e. The number of nitrogens with zero attached hydrogens (tertiary/aromatic N) is 1. The zero-order chi connectivity index (χ0) is 14.1. The van der Waals surface area contributed by atoms with Crippen molar-refractivity contribution in [2.45, 2.75) is 6.92 Å². The summed E-state index contributed by atoms with van der Waals surface area (Å²) in [5.41, 5.74) is 4.44. The number of aryl methyl sites for hydroxylation is 1. The van der Waals surface area contributed by atoms with E-state index in [1.807, 2.05) is 22.9 Å². The predicted molar refractivity (Wildman–Crippen MR) is 88.8 cm³/mol. The molecule has 0 radical (unpaired) electrons. The number of hydrogen-bond acceptors (Lipinski definition) is 1. The normalized spacial score (nSPS) is 10.7. The van der Waals surface area contributed by atoms with Crippen molar-refractivity contribution in [2.75, 3.05) is 0 Å². The van der Waals surface area contributed by atoms with Crippen molar-refractivity contribution in [3.63, 3.8) is 0 Å². The molecule has 3 aromatic rings. The maximum absolute atomic E-state index is 5.41. The second-order valence-electron chi connectivity index (χ2n) is 4.69. The van der Waals surface area contributed by atoms with Gasteiger partial charge in [-0.25, -0.2) is 0 Å². The molecule has 0 fully saturated rings. The van der Waals surface area contributed by atoms with E-state index in [1.54, 1.807) is 0 Å². The van der Waals surface area contributed by atoms with Crippen LogP contribution in [0.3, 0.4) is 0 Å². The molecule has 1 heterocycles. The SMILES string of the molecule is Cc1ccc(-n2cc(-c3ccc(Br)cc3)[nH]c2=S)cc1. The Bertz CT molecular complexity index is 783. The van der Waals surface area contributed by atoms with Crippen LogP contribution in [0.15, 0.2) is 59.2 Å². The highest BCUT2D eigenvalue weighted by molar-refractivity contribution is 9.10. The lowest BCUT2D eigenvalue weighted by Crippen LogP contribution is -1.91. The summed E-state index contributed by atoms with van der Waals surface area (Å²) in [5, 5.41) is 0. The number of rotatable bonds is 2. The largest absolute Gasteiger partial charge is 0.330 e. The van der Waals surface area contributed by atoms with Crippen LogP contribution >= 0.6 is 28.1 Å². The minimum absolute atomic E-state index is 0.701. The Hall–Kier alpha value is -1.65. The first-order valence-corrected chi connectivity index (χ1v) is 7.48. The van der Waals surface area contributed by atoms with Crippen molar-refractivity contribution in [3.05, 3.63) is 69.5 Å². The van der Waals surface area contributed by atoms with E-state index in [-0.39, 0.29) is 0 Å². The molecule has 2 nitrogen and oxygen atoms in total. The van der Waals surface area contributed by atoms with Gasteiger partial charge in [0.25, 0.3) is 0 Å².